The van der Waals surface area contributed by atoms with E-state index < -0.39 is 16.5 Å². The molecule has 0 atom stereocenters. The summed E-state index contributed by atoms with van der Waals surface area (Å²) in [7, 11) is -2.95. The Labute approximate surface area is 240 Å². The van der Waals surface area contributed by atoms with Gasteiger partial charge in [-0.25, -0.2) is 22.5 Å². The van der Waals surface area contributed by atoms with Crippen LogP contribution in [-0.4, -0.2) is 49.8 Å². The van der Waals surface area contributed by atoms with Crippen molar-refractivity contribution in [1.82, 2.24) is 9.13 Å². The first-order valence-electron chi connectivity index (χ1n) is 11.9. The van der Waals surface area contributed by atoms with Gasteiger partial charge in [-0.3, -0.25) is 12.2 Å². The minimum Gasteiger partial charge on any atom is -0.318 e. The van der Waals surface area contributed by atoms with Crippen molar-refractivity contribution in [1.29, 1.82) is 0 Å². The third kappa shape index (κ3) is 10.3. The Bertz CT molecular complexity index is 608. The monoisotopic (exact) mass is 696 g/mol. The van der Waals surface area contributed by atoms with Crippen molar-refractivity contribution in [3.05, 3.63) is 46.8 Å². The number of halogens is 2. The zero-order valence-electron chi connectivity index (χ0n) is 23.2. The third-order valence-corrected chi connectivity index (χ3v) is 14.2. The molecule has 0 aromatic rings. The van der Waals surface area contributed by atoms with Crippen molar-refractivity contribution in [3.63, 3.8) is 0 Å². The Morgan fingerprint density at radius 3 is 1.00 bits per heavy atom. The average Bonchev–Trinajstić information content (AvgIpc) is 3.28. The first kappa shape index (κ1) is 38.3. The second-order valence-corrected chi connectivity index (χ2v) is 19.0. The van der Waals surface area contributed by atoms with Gasteiger partial charge >= 0.3 is 0 Å². The Hall–Kier alpha value is 0.764. The van der Waals surface area contributed by atoms with Crippen LogP contribution in [0.5, 0.6) is 0 Å². The maximum atomic E-state index is 3.51. The summed E-state index contributed by atoms with van der Waals surface area (Å²) in [6.45, 7) is 28.1. The molecule has 2 aliphatic rings. The van der Waals surface area contributed by atoms with Crippen molar-refractivity contribution in [3.8, 4) is 0 Å². The molecule has 0 amide bonds. The largest absolute Gasteiger partial charge is 0.318 e. The summed E-state index contributed by atoms with van der Waals surface area (Å²) in [5.74, 6) is 0. The average molecular weight is 696 g/mol. The summed E-state index contributed by atoms with van der Waals surface area (Å²) in [4.78, 5) is 0. The van der Waals surface area contributed by atoms with Gasteiger partial charge in [-0.15, -0.1) is 37.7 Å². The van der Waals surface area contributed by atoms with Crippen LogP contribution >= 0.6 is 24.8 Å². The van der Waals surface area contributed by atoms with E-state index >= 15 is 0 Å². The van der Waals surface area contributed by atoms with E-state index in [0.717, 1.165) is 12.8 Å². The molecule has 192 valence electrons. The van der Waals surface area contributed by atoms with Crippen LogP contribution in [0.1, 0.15) is 68.2 Å². The second kappa shape index (κ2) is 16.5. The molecular weight excluding hydrogens is 646 g/mol. The molecule has 0 unspecified atom stereocenters. The van der Waals surface area contributed by atoms with Gasteiger partial charge in [0.05, 0.1) is 0 Å². The molecule has 0 saturated carbocycles. The van der Waals surface area contributed by atoms with E-state index in [1.165, 1.54) is 10.4 Å². The predicted molar refractivity (Wildman–Crippen MR) is 155 cm³/mol. The molecule has 2 nitrogen and oxygen atoms in total. The van der Waals surface area contributed by atoms with E-state index in [9.17, 15) is 0 Å². The number of hydrogen-bond acceptors (Lipinski definition) is 2. The van der Waals surface area contributed by atoms with E-state index in [1.807, 2.05) is 0 Å². The van der Waals surface area contributed by atoms with E-state index in [1.54, 1.807) is 0 Å². The van der Waals surface area contributed by atoms with Gasteiger partial charge in [0.1, 0.15) is 16.5 Å². The van der Waals surface area contributed by atoms with Gasteiger partial charge in [0.15, 0.2) is 0 Å². The number of rotatable bonds is 8. The summed E-state index contributed by atoms with van der Waals surface area (Å²) in [5.41, 5.74) is 0. The van der Waals surface area contributed by atoms with Gasteiger partial charge in [-0.1, -0.05) is 81.6 Å². The summed E-state index contributed by atoms with van der Waals surface area (Å²) in [6, 6.07) is 2.48. The van der Waals surface area contributed by atoms with Crippen LogP contribution in [-0.2, 0) is 25.8 Å². The fourth-order valence-corrected chi connectivity index (χ4v) is 13.5. The first-order valence-corrected chi connectivity index (χ1v) is 17.8. The van der Waals surface area contributed by atoms with Gasteiger partial charge in [-0.2, -0.15) is 12.2 Å². The third-order valence-electron chi connectivity index (χ3n) is 6.22. The van der Waals surface area contributed by atoms with Gasteiger partial charge < -0.3 is 9.13 Å². The summed E-state index contributed by atoms with van der Waals surface area (Å²) in [6.07, 6.45) is 18.1. The van der Waals surface area contributed by atoms with Crippen LogP contribution in [0.3, 0.4) is 0 Å². The van der Waals surface area contributed by atoms with Gasteiger partial charge in [0, 0.05) is 25.8 Å². The SMILES string of the molecule is CC(C)N(C(C)C)[Si](C)(C)C1=[C-]CC=C1.CC(C)N(C(C)C)[Si](C)(C)C1=[C-]CC=C1.Cl.Cl.[Hf]. The molecule has 0 aliphatic heterocycles. The van der Waals surface area contributed by atoms with E-state index in [4.69, 9.17) is 0 Å². The van der Waals surface area contributed by atoms with Crippen LogP contribution in [0.25, 0.3) is 0 Å². The molecule has 0 radical (unpaired) electrons. The minimum atomic E-state index is -1.47. The van der Waals surface area contributed by atoms with Gasteiger partial charge in [-0.05, 0) is 24.2 Å². The van der Waals surface area contributed by atoms with Crippen molar-refractivity contribution in [2.75, 3.05) is 0 Å². The first-order chi connectivity index (χ1) is 13.7. The predicted octanol–water partition coefficient (Wildman–Crippen LogP) is 7.92. The molecule has 0 bridgehead atoms. The standard InChI is InChI=1S/2C13H24NSi.2ClH.Hf/c2*1-11(2)14(12(3)4)15(5,6)13-9-7-8-10-13;;;/h2*7,9,11-12H,8H2,1-6H3;2*1H;/q2*-1;;;. The van der Waals surface area contributed by atoms with Gasteiger partial charge in [0.25, 0.3) is 0 Å². The maximum absolute atomic E-state index is 3.51. The fraction of sp³-hybridized carbons (Fsp3) is 0.692. The van der Waals surface area contributed by atoms with E-state index in [2.05, 4.69) is 127 Å². The van der Waals surface area contributed by atoms with Crippen LogP contribution in [0, 0.1) is 12.2 Å². The molecule has 0 N–H and O–H groups in total. The van der Waals surface area contributed by atoms with E-state index in [-0.39, 0.29) is 50.7 Å². The van der Waals surface area contributed by atoms with Crippen LogP contribution in [0.15, 0.2) is 34.7 Å². The summed E-state index contributed by atoms with van der Waals surface area (Å²) < 4.78 is 5.37. The molecular formula is C26H50Cl2HfN2Si2-2. The quantitative estimate of drug-likeness (QED) is 0.188. The van der Waals surface area contributed by atoms with Gasteiger partial charge in [0.2, 0.25) is 0 Å². The molecule has 0 saturated heterocycles. The van der Waals surface area contributed by atoms with E-state index in [0.29, 0.717) is 24.2 Å². The molecule has 2 rings (SSSR count). The van der Waals surface area contributed by atoms with Crippen molar-refractivity contribution >= 4 is 41.3 Å². The molecule has 33 heavy (non-hydrogen) atoms. The smallest absolute Gasteiger partial charge is 0.118 e. The van der Waals surface area contributed by atoms with Crippen LogP contribution in [0.2, 0.25) is 26.2 Å². The normalized spacial score (nSPS) is 15.5. The van der Waals surface area contributed by atoms with Crippen molar-refractivity contribution in [2.24, 2.45) is 0 Å². The fourth-order valence-electron chi connectivity index (χ4n) is 5.70. The second-order valence-electron chi connectivity index (χ2n) is 10.7. The molecule has 7 heteroatoms. The molecule has 0 spiro atoms. The Balaban J connectivity index is -0.000000500. The topological polar surface area (TPSA) is 6.48 Å². The van der Waals surface area contributed by atoms with Crippen molar-refractivity contribution in [2.45, 2.75) is 119 Å². The Kier molecular flexibility index (Phi) is 19.1. The maximum Gasteiger partial charge on any atom is 0.118 e. The summed E-state index contributed by atoms with van der Waals surface area (Å²) >= 11 is 0. The number of nitrogens with zero attached hydrogens (tertiary/aromatic N) is 2. The number of hydrogen-bond donors (Lipinski definition) is 0. The zero-order valence-corrected chi connectivity index (χ0v) is 30.5. The molecule has 0 heterocycles. The summed E-state index contributed by atoms with van der Waals surface area (Å²) in [5, 5.41) is 2.95. The molecule has 2 aliphatic carbocycles. The number of allylic oxidation sites excluding steroid dienone is 8. The molecule has 0 aromatic heterocycles. The van der Waals surface area contributed by atoms with Crippen molar-refractivity contribution < 1.29 is 25.8 Å². The zero-order chi connectivity index (χ0) is 23.3. The molecule has 0 aromatic carbocycles. The Morgan fingerprint density at radius 2 is 0.848 bits per heavy atom. The Morgan fingerprint density at radius 1 is 0.606 bits per heavy atom. The minimum absolute atomic E-state index is 0. The van der Waals surface area contributed by atoms with Crippen LogP contribution in [0.4, 0.5) is 0 Å². The van der Waals surface area contributed by atoms with Crippen LogP contribution < -0.4 is 0 Å². The molecule has 0 fully saturated rings.